The quantitative estimate of drug-likeness (QED) is 0.788. The molecule has 30 heavy (non-hydrogen) atoms. The third-order valence-corrected chi connectivity index (χ3v) is 7.49. The van der Waals surface area contributed by atoms with Gasteiger partial charge >= 0.3 is 0 Å². The summed E-state index contributed by atoms with van der Waals surface area (Å²) in [6.45, 7) is 11.7. The summed E-state index contributed by atoms with van der Waals surface area (Å²) in [4.78, 5) is 29.0. The van der Waals surface area contributed by atoms with Crippen molar-refractivity contribution in [1.29, 1.82) is 0 Å². The topological polar surface area (TPSA) is 67.5 Å². The van der Waals surface area contributed by atoms with Crippen LogP contribution < -0.4 is 5.32 Å². The van der Waals surface area contributed by atoms with E-state index in [9.17, 15) is 9.59 Å². The Morgan fingerprint density at radius 1 is 1.33 bits per heavy atom. The van der Waals surface area contributed by atoms with Crippen LogP contribution in [0.25, 0.3) is 11.1 Å². The predicted octanol–water partition coefficient (Wildman–Crippen LogP) is 4.44. The summed E-state index contributed by atoms with van der Waals surface area (Å²) in [6.07, 6.45) is 5.86. The van der Waals surface area contributed by atoms with Crippen molar-refractivity contribution in [3.8, 4) is 0 Å². The van der Waals surface area contributed by atoms with Gasteiger partial charge in [-0.15, -0.1) is 0 Å². The maximum absolute atomic E-state index is 13.7. The molecule has 0 bridgehead atoms. The molecule has 1 fully saturated rings. The first kappa shape index (κ1) is 21.0. The van der Waals surface area contributed by atoms with Crippen LogP contribution in [0.4, 0.5) is 0 Å². The molecule has 6 nitrogen and oxygen atoms in total. The minimum absolute atomic E-state index is 0.0402. The molecule has 0 aromatic carbocycles. The predicted molar refractivity (Wildman–Crippen MR) is 117 cm³/mol. The van der Waals surface area contributed by atoms with Crippen LogP contribution in [0.5, 0.6) is 0 Å². The highest BCUT2D eigenvalue weighted by molar-refractivity contribution is 6.02. The van der Waals surface area contributed by atoms with Crippen molar-refractivity contribution in [2.45, 2.75) is 78.4 Å². The van der Waals surface area contributed by atoms with Crippen LogP contribution in [0.1, 0.15) is 70.8 Å². The van der Waals surface area contributed by atoms with E-state index in [1.54, 1.807) is 11.2 Å². The maximum atomic E-state index is 13.7. The Hall–Kier alpha value is -2.24. The van der Waals surface area contributed by atoms with Gasteiger partial charge in [0.1, 0.15) is 11.2 Å². The molecule has 4 rings (SSSR count). The second kappa shape index (κ2) is 7.78. The molecule has 2 aliphatic rings. The van der Waals surface area contributed by atoms with Crippen LogP contribution in [0, 0.1) is 17.8 Å². The number of hydrogen-bond acceptors (Lipinski definition) is 3. The molecule has 4 atom stereocenters. The van der Waals surface area contributed by atoms with E-state index in [4.69, 9.17) is 4.42 Å². The lowest BCUT2D eigenvalue weighted by Crippen LogP contribution is -2.65. The number of amides is 2. The summed E-state index contributed by atoms with van der Waals surface area (Å²) >= 11 is 0. The molecule has 6 heteroatoms. The van der Waals surface area contributed by atoms with E-state index in [-0.39, 0.29) is 17.9 Å². The normalized spacial score (nSPS) is 29.5. The summed E-state index contributed by atoms with van der Waals surface area (Å²) < 4.78 is 7.49. The standard InChI is InChI=1S/C24H35N3O3/c1-15(2)9-11-27-22(28)20-13-21-19(10-12-30-21)26(20)14-24(27,5)23(29)25-18-8-6-7-16(3)17(18)4/h10,12-13,15-18H,6-9,11,14H2,1-5H3,(H,25,29)/t16-,17+,18-,24-/m1/s1. The Kier molecular flexibility index (Phi) is 5.45. The molecule has 0 unspecified atom stereocenters. The van der Waals surface area contributed by atoms with E-state index in [0.717, 1.165) is 24.8 Å². The van der Waals surface area contributed by atoms with Crippen LogP contribution in [0.15, 0.2) is 22.8 Å². The lowest BCUT2D eigenvalue weighted by Gasteiger charge is -2.46. The van der Waals surface area contributed by atoms with Gasteiger partial charge in [0, 0.05) is 24.7 Å². The molecule has 2 aromatic heterocycles. The number of aromatic nitrogens is 1. The Morgan fingerprint density at radius 2 is 2.10 bits per heavy atom. The lowest BCUT2D eigenvalue weighted by molar-refractivity contribution is -0.134. The average molecular weight is 414 g/mol. The summed E-state index contributed by atoms with van der Waals surface area (Å²) in [5.74, 6) is 1.37. The van der Waals surface area contributed by atoms with Crippen LogP contribution in [0.2, 0.25) is 0 Å². The van der Waals surface area contributed by atoms with Gasteiger partial charge in [-0.1, -0.05) is 40.5 Å². The van der Waals surface area contributed by atoms with Crippen molar-refractivity contribution in [3.05, 3.63) is 24.1 Å². The summed E-state index contributed by atoms with van der Waals surface area (Å²) in [7, 11) is 0. The Labute approximate surface area is 179 Å². The Balaban J connectivity index is 1.67. The fraction of sp³-hybridized carbons (Fsp3) is 0.667. The zero-order valence-electron chi connectivity index (χ0n) is 18.9. The van der Waals surface area contributed by atoms with Gasteiger partial charge in [0.15, 0.2) is 5.58 Å². The first-order valence-electron chi connectivity index (χ1n) is 11.4. The molecular formula is C24H35N3O3. The summed E-state index contributed by atoms with van der Waals surface area (Å²) in [6, 6.07) is 3.85. The van der Waals surface area contributed by atoms with Gasteiger partial charge in [0.2, 0.25) is 5.91 Å². The maximum Gasteiger partial charge on any atom is 0.271 e. The van der Waals surface area contributed by atoms with Crippen molar-refractivity contribution in [2.24, 2.45) is 17.8 Å². The van der Waals surface area contributed by atoms with Crippen molar-refractivity contribution in [2.75, 3.05) is 6.54 Å². The van der Waals surface area contributed by atoms with Gasteiger partial charge in [-0.25, -0.2) is 0 Å². The van der Waals surface area contributed by atoms with Gasteiger partial charge in [0.25, 0.3) is 5.91 Å². The zero-order chi connectivity index (χ0) is 21.6. The van der Waals surface area contributed by atoms with Gasteiger partial charge in [-0.05, 0) is 37.5 Å². The first-order chi connectivity index (χ1) is 14.2. The summed E-state index contributed by atoms with van der Waals surface area (Å²) in [5.41, 5.74) is 1.25. The van der Waals surface area contributed by atoms with E-state index >= 15 is 0 Å². The second-order valence-corrected chi connectivity index (χ2v) is 10.0. The highest BCUT2D eigenvalue weighted by Gasteiger charge is 2.48. The van der Waals surface area contributed by atoms with Crippen LogP contribution in [-0.4, -0.2) is 39.4 Å². The average Bonchev–Trinajstić information content (AvgIpc) is 3.27. The third-order valence-electron chi connectivity index (χ3n) is 7.49. The molecule has 2 amide bonds. The Bertz CT molecular complexity index is 943. The molecule has 0 saturated heterocycles. The number of nitrogens with zero attached hydrogens (tertiary/aromatic N) is 2. The minimum Gasteiger partial charge on any atom is -0.463 e. The van der Waals surface area contributed by atoms with E-state index in [0.29, 0.717) is 42.1 Å². The Morgan fingerprint density at radius 3 is 2.83 bits per heavy atom. The van der Waals surface area contributed by atoms with Gasteiger partial charge in [-0.2, -0.15) is 0 Å². The first-order valence-corrected chi connectivity index (χ1v) is 11.4. The minimum atomic E-state index is -0.928. The van der Waals surface area contributed by atoms with Crippen molar-refractivity contribution >= 4 is 22.9 Å². The molecule has 0 spiro atoms. The van der Waals surface area contributed by atoms with E-state index in [2.05, 4.69) is 33.0 Å². The van der Waals surface area contributed by atoms with Gasteiger partial charge in [-0.3, -0.25) is 9.59 Å². The summed E-state index contributed by atoms with van der Waals surface area (Å²) in [5, 5.41) is 3.34. The van der Waals surface area contributed by atoms with Crippen molar-refractivity contribution in [3.63, 3.8) is 0 Å². The van der Waals surface area contributed by atoms with E-state index < -0.39 is 5.54 Å². The SMILES string of the molecule is CC(C)CCN1C(=O)c2cc3occc3n2C[C@]1(C)C(=O)N[C@@H]1CCC[C@@H](C)[C@@H]1C. The second-order valence-electron chi connectivity index (χ2n) is 10.0. The largest absolute Gasteiger partial charge is 0.463 e. The smallest absolute Gasteiger partial charge is 0.271 e. The van der Waals surface area contributed by atoms with Crippen LogP contribution in [0.3, 0.4) is 0 Å². The van der Waals surface area contributed by atoms with E-state index in [1.807, 2.05) is 23.6 Å². The van der Waals surface area contributed by atoms with E-state index in [1.165, 1.54) is 6.42 Å². The molecule has 1 aliphatic heterocycles. The number of carbonyl (C=O) groups excluding carboxylic acids is 2. The molecule has 0 radical (unpaired) electrons. The third kappa shape index (κ3) is 3.44. The van der Waals surface area contributed by atoms with Crippen LogP contribution in [-0.2, 0) is 11.3 Å². The fourth-order valence-corrected chi connectivity index (χ4v) is 5.12. The van der Waals surface area contributed by atoms with Crippen molar-refractivity contribution < 1.29 is 14.0 Å². The monoisotopic (exact) mass is 413 g/mol. The molecule has 1 aliphatic carbocycles. The molecule has 2 aromatic rings. The number of rotatable bonds is 5. The van der Waals surface area contributed by atoms with Gasteiger partial charge in [0.05, 0.1) is 18.3 Å². The molecule has 3 heterocycles. The highest BCUT2D eigenvalue weighted by Crippen LogP contribution is 2.35. The number of carbonyl (C=O) groups is 2. The number of furan rings is 1. The number of hydrogen-bond donors (Lipinski definition) is 1. The number of nitrogens with one attached hydrogen (secondary N) is 1. The lowest BCUT2D eigenvalue weighted by atomic mass is 9.77. The molecule has 1 N–H and O–H groups in total. The van der Waals surface area contributed by atoms with Crippen molar-refractivity contribution in [1.82, 2.24) is 14.8 Å². The molecule has 164 valence electrons. The molecular weight excluding hydrogens is 378 g/mol. The molecule has 1 saturated carbocycles. The number of fused-ring (bicyclic) bond motifs is 3. The highest BCUT2D eigenvalue weighted by atomic mass is 16.3. The van der Waals surface area contributed by atoms with Crippen LogP contribution >= 0.6 is 0 Å². The fourth-order valence-electron chi connectivity index (χ4n) is 5.12. The zero-order valence-corrected chi connectivity index (χ0v) is 18.9. The van der Waals surface area contributed by atoms with Gasteiger partial charge < -0.3 is 19.2 Å².